The summed E-state index contributed by atoms with van der Waals surface area (Å²) in [4.78, 5) is 39.2. The summed E-state index contributed by atoms with van der Waals surface area (Å²) in [6.07, 6.45) is 0.202. The molecule has 0 aliphatic carbocycles. The number of piperidine rings is 1. The number of nitrogens with zero attached hydrogens (tertiary/aromatic N) is 2. The van der Waals surface area contributed by atoms with Crippen LogP contribution in [0.15, 0.2) is 24.3 Å². The molecule has 3 rings (SSSR count). The fourth-order valence-electron chi connectivity index (χ4n) is 4.18. The lowest BCUT2D eigenvalue weighted by atomic mass is 10.00. The Morgan fingerprint density at radius 2 is 1.33 bits per heavy atom. The standard InChI is InChI=1S/C22H30N2O6/c1-15(25)28-20-13-23(14-21(29-16(2)26)22(20)30-17(3)27)12-18-6-8-19(9-7-18)24-10-4-5-11-24/h6-9,20-22H,4-5,10-14H2,1-3H3. The minimum absolute atomic E-state index is 0.378. The highest BCUT2D eigenvalue weighted by Gasteiger charge is 2.43. The molecule has 0 bridgehead atoms. The third-order valence-corrected chi connectivity index (χ3v) is 5.36. The molecule has 0 spiro atoms. The van der Waals surface area contributed by atoms with E-state index >= 15 is 0 Å². The van der Waals surface area contributed by atoms with E-state index in [-0.39, 0.29) is 0 Å². The molecule has 0 N–H and O–H groups in total. The van der Waals surface area contributed by atoms with Crippen molar-refractivity contribution in [3.63, 3.8) is 0 Å². The fraction of sp³-hybridized carbons (Fsp3) is 0.591. The number of rotatable bonds is 6. The van der Waals surface area contributed by atoms with Crippen LogP contribution < -0.4 is 4.90 Å². The minimum atomic E-state index is -0.830. The van der Waals surface area contributed by atoms with Crippen LogP contribution in [0.3, 0.4) is 0 Å². The largest absolute Gasteiger partial charge is 0.457 e. The van der Waals surface area contributed by atoms with Crippen molar-refractivity contribution in [2.24, 2.45) is 0 Å². The van der Waals surface area contributed by atoms with E-state index in [0.717, 1.165) is 18.7 Å². The highest BCUT2D eigenvalue weighted by atomic mass is 16.6. The molecule has 8 heteroatoms. The van der Waals surface area contributed by atoms with Gasteiger partial charge in [-0.3, -0.25) is 19.3 Å². The zero-order valence-electron chi connectivity index (χ0n) is 17.8. The van der Waals surface area contributed by atoms with Gasteiger partial charge >= 0.3 is 17.9 Å². The van der Waals surface area contributed by atoms with E-state index in [4.69, 9.17) is 14.2 Å². The summed E-state index contributed by atoms with van der Waals surface area (Å²) in [6.45, 7) is 7.44. The topological polar surface area (TPSA) is 85.4 Å². The van der Waals surface area contributed by atoms with Gasteiger partial charge in [0.15, 0.2) is 18.3 Å². The first-order valence-electron chi connectivity index (χ1n) is 10.4. The Bertz CT molecular complexity index is 733. The molecule has 2 fully saturated rings. The summed E-state index contributed by atoms with van der Waals surface area (Å²) in [5.74, 6) is -1.47. The van der Waals surface area contributed by atoms with Gasteiger partial charge < -0.3 is 19.1 Å². The Morgan fingerprint density at radius 1 is 0.833 bits per heavy atom. The van der Waals surface area contributed by atoms with Gasteiger partial charge in [0.25, 0.3) is 0 Å². The number of anilines is 1. The molecule has 2 atom stereocenters. The lowest BCUT2D eigenvalue weighted by Gasteiger charge is -2.41. The number of likely N-dealkylation sites (tertiary alicyclic amines) is 1. The molecule has 0 amide bonds. The van der Waals surface area contributed by atoms with Crippen LogP contribution in [0.2, 0.25) is 0 Å². The third kappa shape index (κ3) is 5.95. The Hall–Kier alpha value is -2.61. The lowest BCUT2D eigenvalue weighted by Crippen LogP contribution is -2.58. The van der Waals surface area contributed by atoms with Gasteiger partial charge in [-0.15, -0.1) is 0 Å². The Balaban J connectivity index is 1.72. The van der Waals surface area contributed by atoms with Crippen LogP contribution >= 0.6 is 0 Å². The first-order valence-corrected chi connectivity index (χ1v) is 10.4. The van der Waals surface area contributed by atoms with Crippen LogP contribution in [0.1, 0.15) is 39.2 Å². The Kier molecular flexibility index (Phi) is 7.31. The van der Waals surface area contributed by atoms with Gasteiger partial charge in [0.2, 0.25) is 0 Å². The zero-order chi connectivity index (χ0) is 21.7. The van der Waals surface area contributed by atoms with E-state index in [1.807, 2.05) is 4.90 Å². The molecule has 30 heavy (non-hydrogen) atoms. The summed E-state index contributed by atoms with van der Waals surface area (Å²) in [5, 5.41) is 0. The Morgan fingerprint density at radius 3 is 1.80 bits per heavy atom. The number of carbonyl (C=O) groups excluding carboxylic acids is 3. The van der Waals surface area contributed by atoms with Crippen LogP contribution in [-0.4, -0.2) is 67.3 Å². The number of hydrogen-bond acceptors (Lipinski definition) is 8. The van der Waals surface area contributed by atoms with E-state index < -0.39 is 36.2 Å². The van der Waals surface area contributed by atoms with Gasteiger partial charge in [0, 0.05) is 59.2 Å². The minimum Gasteiger partial charge on any atom is -0.457 e. The van der Waals surface area contributed by atoms with Crippen LogP contribution in [0, 0.1) is 0 Å². The molecule has 1 aromatic rings. The van der Waals surface area contributed by atoms with E-state index in [1.54, 1.807) is 0 Å². The predicted molar refractivity (Wildman–Crippen MR) is 110 cm³/mol. The summed E-state index contributed by atoms with van der Waals surface area (Å²) in [6, 6.07) is 8.43. The summed E-state index contributed by atoms with van der Waals surface area (Å²) >= 11 is 0. The van der Waals surface area contributed by atoms with Crippen LogP contribution in [0.4, 0.5) is 5.69 Å². The molecule has 2 aliphatic rings. The van der Waals surface area contributed by atoms with E-state index in [0.29, 0.717) is 19.6 Å². The molecule has 1 aromatic carbocycles. The van der Waals surface area contributed by atoms with Crippen molar-refractivity contribution in [1.82, 2.24) is 4.90 Å². The molecule has 2 heterocycles. The number of ether oxygens (including phenoxy) is 3. The molecular weight excluding hydrogens is 388 g/mol. The molecule has 2 unspecified atom stereocenters. The van der Waals surface area contributed by atoms with E-state index in [2.05, 4.69) is 29.2 Å². The predicted octanol–water partition coefficient (Wildman–Crippen LogP) is 1.90. The first-order chi connectivity index (χ1) is 14.3. The van der Waals surface area contributed by atoms with Gasteiger partial charge in [0.1, 0.15) is 0 Å². The number of esters is 3. The quantitative estimate of drug-likeness (QED) is 0.512. The van der Waals surface area contributed by atoms with Gasteiger partial charge in [-0.25, -0.2) is 0 Å². The first kappa shape index (κ1) is 22.1. The van der Waals surface area contributed by atoms with Gasteiger partial charge in [0.05, 0.1) is 0 Å². The Labute approximate surface area is 177 Å². The maximum Gasteiger partial charge on any atom is 0.303 e. The van der Waals surface area contributed by atoms with Crippen molar-refractivity contribution in [3.8, 4) is 0 Å². The summed E-state index contributed by atoms with van der Waals surface area (Å²) in [5.41, 5.74) is 2.33. The number of hydrogen-bond donors (Lipinski definition) is 0. The molecule has 8 nitrogen and oxygen atoms in total. The summed E-state index contributed by atoms with van der Waals surface area (Å²) in [7, 11) is 0. The second-order valence-electron chi connectivity index (χ2n) is 7.92. The lowest BCUT2D eigenvalue weighted by molar-refractivity contribution is -0.195. The third-order valence-electron chi connectivity index (χ3n) is 5.36. The van der Waals surface area contributed by atoms with Gasteiger partial charge in [-0.05, 0) is 30.5 Å². The van der Waals surface area contributed by atoms with Crippen LogP contribution in [0.5, 0.6) is 0 Å². The van der Waals surface area contributed by atoms with Crippen LogP contribution in [-0.2, 0) is 35.1 Å². The van der Waals surface area contributed by atoms with Crippen molar-refractivity contribution < 1.29 is 28.6 Å². The smallest absolute Gasteiger partial charge is 0.303 e. The highest BCUT2D eigenvalue weighted by Crippen LogP contribution is 2.25. The fourth-order valence-corrected chi connectivity index (χ4v) is 4.18. The number of benzene rings is 1. The zero-order valence-corrected chi connectivity index (χ0v) is 17.8. The molecule has 0 radical (unpaired) electrons. The maximum absolute atomic E-state index is 11.6. The normalized spacial score (nSPS) is 24.4. The summed E-state index contributed by atoms with van der Waals surface area (Å²) < 4.78 is 16.2. The maximum atomic E-state index is 11.6. The van der Waals surface area contributed by atoms with Crippen molar-refractivity contribution >= 4 is 23.6 Å². The molecule has 164 valence electrons. The second-order valence-corrected chi connectivity index (χ2v) is 7.92. The van der Waals surface area contributed by atoms with Gasteiger partial charge in [-0.2, -0.15) is 0 Å². The second kappa shape index (κ2) is 9.93. The van der Waals surface area contributed by atoms with Gasteiger partial charge in [-0.1, -0.05) is 12.1 Å². The van der Waals surface area contributed by atoms with Crippen molar-refractivity contribution in [3.05, 3.63) is 29.8 Å². The SMILES string of the molecule is CC(=O)OC1CN(Cc2ccc(N3CCCC3)cc2)CC(OC(C)=O)C1OC(C)=O. The molecular formula is C22H30N2O6. The average molecular weight is 418 g/mol. The van der Waals surface area contributed by atoms with E-state index in [1.165, 1.54) is 39.3 Å². The molecule has 2 aliphatic heterocycles. The number of carbonyl (C=O) groups is 3. The molecule has 0 aromatic heterocycles. The van der Waals surface area contributed by atoms with Crippen molar-refractivity contribution in [2.75, 3.05) is 31.1 Å². The average Bonchev–Trinajstić information content (AvgIpc) is 3.19. The monoisotopic (exact) mass is 418 g/mol. The molecule has 2 saturated heterocycles. The van der Waals surface area contributed by atoms with Crippen molar-refractivity contribution in [1.29, 1.82) is 0 Å². The molecule has 0 saturated carbocycles. The highest BCUT2D eigenvalue weighted by molar-refractivity contribution is 5.68. The van der Waals surface area contributed by atoms with E-state index in [9.17, 15) is 14.4 Å². The van der Waals surface area contributed by atoms with Crippen molar-refractivity contribution in [2.45, 2.75) is 58.5 Å². The van der Waals surface area contributed by atoms with Crippen LogP contribution in [0.25, 0.3) is 0 Å².